The summed E-state index contributed by atoms with van der Waals surface area (Å²) in [5.74, 6) is 2.26. The van der Waals surface area contributed by atoms with Gasteiger partial charge in [0.15, 0.2) is 5.16 Å². The third-order valence-electron chi connectivity index (χ3n) is 4.15. The maximum absolute atomic E-state index is 12.3. The SMILES string of the molecule is CCn1c(CSCc2ccc(Cl)cc2Cl)nnc1SCC(=O)Nc1ccc(Cl)cc1Cl. The van der Waals surface area contributed by atoms with Crippen molar-refractivity contribution >= 4 is 81.5 Å². The van der Waals surface area contributed by atoms with Gasteiger partial charge in [-0.25, -0.2) is 0 Å². The normalized spacial score (nSPS) is 11.0. The van der Waals surface area contributed by atoms with Crippen molar-refractivity contribution in [2.45, 2.75) is 30.1 Å². The number of nitrogens with one attached hydrogen (secondary N) is 1. The summed E-state index contributed by atoms with van der Waals surface area (Å²) in [5.41, 5.74) is 1.54. The predicted octanol–water partition coefficient (Wildman–Crippen LogP) is 7.08. The predicted molar refractivity (Wildman–Crippen MR) is 133 cm³/mol. The lowest BCUT2D eigenvalue weighted by Gasteiger charge is -2.09. The van der Waals surface area contributed by atoms with Gasteiger partial charge in [-0.1, -0.05) is 64.2 Å². The van der Waals surface area contributed by atoms with E-state index < -0.39 is 0 Å². The number of hydrogen-bond acceptors (Lipinski definition) is 5. The van der Waals surface area contributed by atoms with Gasteiger partial charge in [0, 0.05) is 27.4 Å². The molecule has 1 aromatic heterocycles. The third-order valence-corrected chi connectivity index (χ3v) is 7.23. The Hall–Kier alpha value is -1.09. The first-order chi connectivity index (χ1) is 14.9. The summed E-state index contributed by atoms with van der Waals surface area (Å²) in [4.78, 5) is 12.3. The van der Waals surface area contributed by atoms with Gasteiger partial charge >= 0.3 is 0 Å². The minimum absolute atomic E-state index is 0.185. The van der Waals surface area contributed by atoms with Gasteiger partial charge in [-0.15, -0.1) is 22.0 Å². The maximum Gasteiger partial charge on any atom is 0.234 e. The zero-order chi connectivity index (χ0) is 22.4. The van der Waals surface area contributed by atoms with Gasteiger partial charge in [-0.2, -0.15) is 0 Å². The molecule has 0 bridgehead atoms. The molecule has 0 saturated heterocycles. The number of nitrogens with zero attached hydrogens (tertiary/aromatic N) is 3. The Morgan fingerprint density at radius 1 is 1.00 bits per heavy atom. The van der Waals surface area contributed by atoms with Crippen LogP contribution in [0.25, 0.3) is 0 Å². The lowest BCUT2D eigenvalue weighted by atomic mass is 10.2. The van der Waals surface area contributed by atoms with Crippen molar-refractivity contribution < 1.29 is 4.79 Å². The van der Waals surface area contributed by atoms with E-state index in [1.807, 2.05) is 23.6 Å². The Bertz CT molecular complexity index is 1080. The van der Waals surface area contributed by atoms with E-state index >= 15 is 0 Å². The Morgan fingerprint density at radius 3 is 2.39 bits per heavy atom. The summed E-state index contributed by atoms with van der Waals surface area (Å²) in [6.45, 7) is 2.72. The highest BCUT2D eigenvalue weighted by atomic mass is 35.5. The van der Waals surface area contributed by atoms with Crippen LogP contribution in [-0.4, -0.2) is 26.4 Å². The molecule has 11 heteroatoms. The van der Waals surface area contributed by atoms with E-state index in [0.29, 0.717) is 43.2 Å². The topological polar surface area (TPSA) is 59.8 Å². The highest BCUT2D eigenvalue weighted by molar-refractivity contribution is 7.99. The number of benzene rings is 2. The summed E-state index contributed by atoms with van der Waals surface area (Å²) < 4.78 is 2.00. The molecule has 1 N–H and O–H groups in total. The van der Waals surface area contributed by atoms with E-state index in [1.165, 1.54) is 11.8 Å². The molecule has 0 spiro atoms. The van der Waals surface area contributed by atoms with E-state index in [0.717, 1.165) is 17.1 Å². The Morgan fingerprint density at radius 2 is 1.71 bits per heavy atom. The van der Waals surface area contributed by atoms with Crippen LogP contribution in [-0.2, 0) is 22.8 Å². The van der Waals surface area contributed by atoms with Crippen LogP contribution in [0.1, 0.15) is 18.3 Å². The van der Waals surface area contributed by atoms with Crippen LogP contribution in [0.15, 0.2) is 41.6 Å². The van der Waals surface area contributed by atoms with E-state index in [1.54, 1.807) is 36.0 Å². The minimum atomic E-state index is -0.187. The van der Waals surface area contributed by atoms with Crippen molar-refractivity contribution in [2.75, 3.05) is 11.1 Å². The molecular weight excluding hydrogens is 518 g/mol. The average Bonchev–Trinajstić information content (AvgIpc) is 3.12. The van der Waals surface area contributed by atoms with E-state index in [-0.39, 0.29) is 11.7 Å². The van der Waals surface area contributed by atoms with E-state index in [2.05, 4.69) is 15.5 Å². The number of anilines is 1. The van der Waals surface area contributed by atoms with Crippen molar-refractivity contribution in [2.24, 2.45) is 0 Å². The zero-order valence-corrected chi connectivity index (χ0v) is 21.0. The fourth-order valence-electron chi connectivity index (χ4n) is 2.65. The summed E-state index contributed by atoms with van der Waals surface area (Å²) in [6, 6.07) is 10.4. The first-order valence-electron chi connectivity index (χ1n) is 9.18. The van der Waals surface area contributed by atoms with E-state index in [9.17, 15) is 4.79 Å². The highest BCUT2D eigenvalue weighted by Gasteiger charge is 2.14. The van der Waals surface area contributed by atoms with E-state index in [4.69, 9.17) is 46.4 Å². The van der Waals surface area contributed by atoms with Gasteiger partial charge in [-0.3, -0.25) is 4.79 Å². The Labute approximate surface area is 209 Å². The van der Waals surface area contributed by atoms with Gasteiger partial charge in [0.1, 0.15) is 5.82 Å². The smallest absolute Gasteiger partial charge is 0.234 e. The molecule has 31 heavy (non-hydrogen) atoms. The average molecular weight is 536 g/mol. The molecule has 5 nitrogen and oxygen atoms in total. The van der Waals surface area contributed by atoms with Crippen LogP contribution in [0.4, 0.5) is 5.69 Å². The number of carbonyl (C=O) groups is 1. The second-order valence-corrected chi connectivity index (χ2v) is 9.95. The minimum Gasteiger partial charge on any atom is -0.324 e. The molecule has 3 aromatic rings. The number of thioether (sulfide) groups is 2. The first kappa shape index (κ1) is 24.6. The summed E-state index contributed by atoms with van der Waals surface area (Å²) >= 11 is 27.2. The summed E-state index contributed by atoms with van der Waals surface area (Å²) in [7, 11) is 0. The molecule has 0 atom stereocenters. The number of aromatic nitrogens is 3. The van der Waals surface area contributed by atoms with Crippen molar-refractivity contribution in [1.29, 1.82) is 0 Å². The molecule has 0 aliphatic rings. The molecule has 0 radical (unpaired) electrons. The lowest BCUT2D eigenvalue weighted by Crippen LogP contribution is -2.15. The Kier molecular flexibility index (Phi) is 9.25. The van der Waals surface area contributed by atoms with Crippen LogP contribution in [0.2, 0.25) is 20.1 Å². The first-order valence-corrected chi connectivity index (χ1v) is 12.8. The van der Waals surface area contributed by atoms with Gasteiger partial charge in [-0.05, 0) is 42.8 Å². The standard InChI is InChI=1S/C20H18Cl4N4OS2/c1-2-28-18(10-30-9-12-3-4-13(21)7-15(12)23)26-27-20(28)31-11-19(29)25-17-6-5-14(22)8-16(17)24/h3-8H,2,9-11H2,1H3,(H,25,29). The van der Waals surface area contributed by atoms with Gasteiger partial charge in [0.25, 0.3) is 0 Å². The molecule has 164 valence electrons. The monoisotopic (exact) mass is 534 g/mol. The molecule has 0 saturated carbocycles. The number of rotatable bonds is 9. The second kappa shape index (κ2) is 11.7. The fraction of sp³-hybridized carbons (Fsp3) is 0.250. The highest BCUT2D eigenvalue weighted by Crippen LogP contribution is 2.28. The van der Waals surface area contributed by atoms with Crippen molar-refractivity contribution in [3.05, 3.63) is 67.9 Å². The lowest BCUT2D eigenvalue weighted by molar-refractivity contribution is -0.113. The van der Waals surface area contributed by atoms with Gasteiger partial charge in [0.2, 0.25) is 5.91 Å². The van der Waals surface area contributed by atoms with Gasteiger partial charge < -0.3 is 9.88 Å². The molecule has 0 unspecified atom stereocenters. The summed E-state index contributed by atoms with van der Waals surface area (Å²) in [6.07, 6.45) is 0. The molecule has 1 heterocycles. The van der Waals surface area contributed by atoms with Crippen molar-refractivity contribution in [3.63, 3.8) is 0 Å². The molecule has 0 aliphatic heterocycles. The van der Waals surface area contributed by atoms with Crippen molar-refractivity contribution in [3.8, 4) is 0 Å². The van der Waals surface area contributed by atoms with Crippen LogP contribution >= 0.6 is 69.9 Å². The molecule has 0 aliphatic carbocycles. The molecular formula is C20H18Cl4N4OS2. The van der Waals surface area contributed by atoms with Crippen LogP contribution < -0.4 is 5.32 Å². The number of amides is 1. The van der Waals surface area contributed by atoms with Crippen LogP contribution in [0.3, 0.4) is 0 Å². The quantitative estimate of drug-likeness (QED) is 0.297. The van der Waals surface area contributed by atoms with Gasteiger partial charge in [0.05, 0.1) is 22.2 Å². The molecule has 3 rings (SSSR count). The third kappa shape index (κ3) is 6.94. The molecule has 0 fully saturated rings. The van der Waals surface area contributed by atoms with Crippen molar-refractivity contribution in [1.82, 2.24) is 14.8 Å². The number of hydrogen-bond donors (Lipinski definition) is 1. The molecule has 2 aromatic carbocycles. The molecule has 1 amide bonds. The summed E-state index contributed by atoms with van der Waals surface area (Å²) in [5, 5.41) is 14.2. The Balaban J connectivity index is 1.54. The zero-order valence-electron chi connectivity index (χ0n) is 16.4. The van der Waals surface area contributed by atoms with Crippen LogP contribution in [0.5, 0.6) is 0 Å². The maximum atomic E-state index is 12.3. The number of carbonyl (C=O) groups excluding carboxylic acids is 1. The van der Waals surface area contributed by atoms with Crippen LogP contribution in [0, 0.1) is 0 Å². The second-order valence-electron chi connectivity index (χ2n) is 6.33. The fourth-order valence-corrected chi connectivity index (χ4v) is 5.45. The largest absolute Gasteiger partial charge is 0.324 e. The number of halogens is 4.